The zero-order chi connectivity index (χ0) is 16.2. The largest absolute Gasteiger partial charge is 0.394 e. The predicted octanol–water partition coefficient (Wildman–Crippen LogP) is 2.00. The first-order chi connectivity index (χ1) is 10.4. The Morgan fingerprint density at radius 1 is 1.41 bits per heavy atom. The highest BCUT2D eigenvalue weighted by Crippen LogP contribution is 2.21. The molecular formula is C16H22N4O2. The molecule has 0 radical (unpaired) electrons. The first kappa shape index (κ1) is 16.2. The number of benzene rings is 1. The van der Waals surface area contributed by atoms with Crippen LogP contribution in [-0.4, -0.2) is 38.8 Å². The molecule has 1 atom stereocenters. The molecule has 1 aromatic carbocycles. The monoisotopic (exact) mass is 302 g/mol. The zero-order valence-electron chi connectivity index (χ0n) is 13.1. The Morgan fingerprint density at radius 2 is 2.18 bits per heavy atom. The minimum Gasteiger partial charge on any atom is -0.394 e. The maximum Gasteiger partial charge on any atom is 0.251 e. The van der Waals surface area contributed by atoms with Gasteiger partial charge in [-0.3, -0.25) is 9.89 Å². The van der Waals surface area contributed by atoms with Crippen LogP contribution in [-0.2, 0) is 0 Å². The number of hydrogen-bond acceptors (Lipinski definition) is 4. The summed E-state index contributed by atoms with van der Waals surface area (Å²) in [6.45, 7) is 6.15. The summed E-state index contributed by atoms with van der Waals surface area (Å²) < 4.78 is 0. The molecule has 1 amide bonds. The van der Waals surface area contributed by atoms with E-state index in [9.17, 15) is 9.90 Å². The lowest BCUT2D eigenvalue weighted by Crippen LogP contribution is -2.40. The second-order valence-electron chi connectivity index (χ2n) is 6.53. The van der Waals surface area contributed by atoms with E-state index in [-0.39, 0.29) is 24.0 Å². The Labute approximate surface area is 130 Å². The normalized spacial score (nSPS) is 12.9. The predicted molar refractivity (Wildman–Crippen MR) is 84.2 cm³/mol. The average molecular weight is 302 g/mol. The van der Waals surface area contributed by atoms with E-state index < -0.39 is 0 Å². The summed E-state index contributed by atoms with van der Waals surface area (Å²) in [5.41, 5.74) is 1.35. The molecule has 1 unspecified atom stereocenters. The Hall–Kier alpha value is -2.21. The summed E-state index contributed by atoms with van der Waals surface area (Å²) >= 11 is 0. The van der Waals surface area contributed by atoms with Crippen LogP contribution in [0, 0.1) is 5.41 Å². The van der Waals surface area contributed by atoms with Crippen LogP contribution in [0.3, 0.4) is 0 Å². The van der Waals surface area contributed by atoms with Crippen molar-refractivity contribution in [3.8, 4) is 11.4 Å². The molecule has 0 bridgehead atoms. The van der Waals surface area contributed by atoms with Crippen LogP contribution < -0.4 is 5.32 Å². The number of aromatic nitrogens is 3. The third-order valence-electron chi connectivity index (χ3n) is 3.23. The summed E-state index contributed by atoms with van der Waals surface area (Å²) in [5.74, 6) is 0.410. The van der Waals surface area contributed by atoms with E-state index in [1.165, 1.54) is 6.33 Å². The van der Waals surface area contributed by atoms with Gasteiger partial charge < -0.3 is 10.4 Å². The number of carbonyl (C=O) groups is 1. The van der Waals surface area contributed by atoms with Gasteiger partial charge in [0, 0.05) is 11.1 Å². The van der Waals surface area contributed by atoms with Gasteiger partial charge in [0.25, 0.3) is 5.91 Å². The summed E-state index contributed by atoms with van der Waals surface area (Å²) in [6.07, 6.45) is 2.13. The Balaban J connectivity index is 2.11. The van der Waals surface area contributed by atoms with E-state index >= 15 is 0 Å². The van der Waals surface area contributed by atoms with Crippen LogP contribution in [0.5, 0.6) is 0 Å². The van der Waals surface area contributed by atoms with Crippen LogP contribution >= 0.6 is 0 Å². The fourth-order valence-electron chi connectivity index (χ4n) is 2.32. The number of rotatable bonds is 5. The molecule has 0 saturated heterocycles. The number of aliphatic hydroxyl groups is 1. The van der Waals surface area contributed by atoms with Crippen molar-refractivity contribution in [1.29, 1.82) is 0 Å². The number of H-pyrrole nitrogens is 1. The van der Waals surface area contributed by atoms with Gasteiger partial charge in [0.05, 0.1) is 12.6 Å². The number of hydrogen-bond donors (Lipinski definition) is 3. The molecule has 0 aliphatic carbocycles. The smallest absolute Gasteiger partial charge is 0.251 e. The molecule has 22 heavy (non-hydrogen) atoms. The van der Waals surface area contributed by atoms with Crippen molar-refractivity contribution < 1.29 is 9.90 Å². The van der Waals surface area contributed by atoms with Crippen molar-refractivity contribution in [2.45, 2.75) is 33.2 Å². The van der Waals surface area contributed by atoms with Crippen LogP contribution in [0.2, 0.25) is 0 Å². The second kappa shape index (κ2) is 6.70. The van der Waals surface area contributed by atoms with Crippen LogP contribution in [0.1, 0.15) is 37.6 Å². The van der Waals surface area contributed by atoms with E-state index in [0.29, 0.717) is 17.8 Å². The maximum atomic E-state index is 12.4. The number of aliphatic hydroxyl groups excluding tert-OH is 1. The molecular weight excluding hydrogens is 280 g/mol. The Morgan fingerprint density at radius 3 is 2.77 bits per heavy atom. The van der Waals surface area contributed by atoms with Crippen molar-refractivity contribution >= 4 is 5.91 Å². The molecule has 0 spiro atoms. The standard InChI is InChI=1S/C16H22N4O2/c1-16(2,3)8-13(9-21)19-15(22)12-6-4-5-11(7-12)14-17-10-18-20-14/h4-7,10,13,21H,8-9H2,1-3H3,(H,19,22)(H,17,18,20). The zero-order valence-corrected chi connectivity index (χ0v) is 13.1. The van der Waals surface area contributed by atoms with Gasteiger partial charge in [0.1, 0.15) is 6.33 Å². The van der Waals surface area contributed by atoms with Gasteiger partial charge in [-0.15, -0.1) is 0 Å². The summed E-state index contributed by atoms with van der Waals surface area (Å²) in [4.78, 5) is 16.4. The highest BCUT2D eigenvalue weighted by molar-refractivity contribution is 5.95. The fraction of sp³-hybridized carbons (Fsp3) is 0.438. The average Bonchev–Trinajstić information content (AvgIpc) is 2.99. The number of nitrogens with zero attached hydrogens (tertiary/aromatic N) is 2. The van der Waals surface area contributed by atoms with Gasteiger partial charge in [-0.1, -0.05) is 32.9 Å². The Bertz CT molecular complexity index is 617. The lowest BCUT2D eigenvalue weighted by atomic mass is 9.88. The molecule has 0 aliphatic rings. The van der Waals surface area contributed by atoms with E-state index in [2.05, 4.69) is 41.3 Å². The third kappa shape index (κ3) is 4.39. The molecule has 6 heteroatoms. The van der Waals surface area contributed by atoms with E-state index in [0.717, 1.165) is 5.56 Å². The lowest BCUT2D eigenvalue weighted by molar-refractivity contribution is 0.0897. The van der Waals surface area contributed by atoms with Crippen molar-refractivity contribution in [1.82, 2.24) is 20.5 Å². The molecule has 3 N–H and O–H groups in total. The first-order valence-corrected chi connectivity index (χ1v) is 7.26. The van der Waals surface area contributed by atoms with E-state index in [4.69, 9.17) is 0 Å². The molecule has 1 heterocycles. The molecule has 118 valence electrons. The van der Waals surface area contributed by atoms with Crippen LogP contribution in [0.4, 0.5) is 0 Å². The molecule has 2 rings (SSSR count). The molecule has 0 fully saturated rings. The minimum atomic E-state index is -0.263. The van der Waals surface area contributed by atoms with Gasteiger partial charge in [0.2, 0.25) is 0 Å². The van der Waals surface area contributed by atoms with Crippen molar-refractivity contribution in [3.05, 3.63) is 36.2 Å². The Kier molecular flexibility index (Phi) is 4.92. The SMILES string of the molecule is CC(C)(C)CC(CO)NC(=O)c1cccc(-c2ncn[nH]2)c1. The maximum absolute atomic E-state index is 12.4. The number of aromatic amines is 1. The minimum absolute atomic E-state index is 0.0301. The highest BCUT2D eigenvalue weighted by atomic mass is 16.3. The number of nitrogens with one attached hydrogen (secondary N) is 2. The van der Waals surface area contributed by atoms with Crippen LogP contribution in [0.15, 0.2) is 30.6 Å². The third-order valence-corrected chi connectivity index (χ3v) is 3.23. The van der Waals surface area contributed by atoms with Gasteiger partial charge in [-0.25, -0.2) is 4.98 Å². The fourth-order valence-corrected chi connectivity index (χ4v) is 2.32. The van der Waals surface area contributed by atoms with E-state index in [1.54, 1.807) is 18.2 Å². The highest BCUT2D eigenvalue weighted by Gasteiger charge is 2.20. The number of amides is 1. The van der Waals surface area contributed by atoms with Gasteiger partial charge >= 0.3 is 0 Å². The van der Waals surface area contributed by atoms with Crippen LogP contribution in [0.25, 0.3) is 11.4 Å². The molecule has 2 aromatic rings. The quantitative estimate of drug-likeness (QED) is 0.788. The topological polar surface area (TPSA) is 90.9 Å². The van der Waals surface area contributed by atoms with Crippen molar-refractivity contribution in [2.24, 2.45) is 5.41 Å². The summed E-state index contributed by atoms with van der Waals surface area (Å²) in [7, 11) is 0. The second-order valence-corrected chi connectivity index (χ2v) is 6.53. The first-order valence-electron chi connectivity index (χ1n) is 7.26. The van der Waals surface area contributed by atoms with Crippen molar-refractivity contribution in [2.75, 3.05) is 6.61 Å². The van der Waals surface area contributed by atoms with E-state index in [1.807, 2.05) is 6.07 Å². The summed E-state index contributed by atoms with van der Waals surface area (Å²) in [6, 6.07) is 6.88. The summed E-state index contributed by atoms with van der Waals surface area (Å²) in [5, 5.41) is 18.9. The number of carbonyl (C=O) groups excluding carboxylic acids is 1. The molecule has 0 aliphatic heterocycles. The van der Waals surface area contributed by atoms with Gasteiger partial charge in [-0.2, -0.15) is 5.10 Å². The molecule has 0 saturated carbocycles. The van der Waals surface area contributed by atoms with Gasteiger partial charge in [0.15, 0.2) is 5.82 Å². The molecule has 6 nitrogen and oxygen atoms in total. The van der Waals surface area contributed by atoms with Crippen molar-refractivity contribution in [3.63, 3.8) is 0 Å². The lowest BCUT2D eigenvalue weighted by Gasteiger charge is -2.25. The molecule has 1 aromatic heterocycles. The van der Waals surface area contributed by atoms with Gasteiger partial charge in [-0.05, 0) is 24.0 Å².